The fourth-order valence-corrected chi connectivity index (χ4v) is 3.35. The Hall–Kier alpha value is -3.47. The van der Waals surface area contributed by atoms with Crippen molar-refractivity contribution in [2.24, 2.45) is 0 Å². The van der Waals surface area contributed by atoms with Crippen molar-refractivity contribution in [2.45, 2.75) is 19.8 Å². The average molecular weight is 357 g/mol. The van der Waals surface area contributed by atoms with Gasteiger partial charge in [0.05, 0.1) is 11.1 Å². The molecule has 5 heteroatoms. The molecular weight excluding hydrogens is 338 g/mol. The predicted molar refractivity (Wildman–Crippen MR) is 107 cm³/mol. The van der Waals surface area contributed by atoms with Crippen LogP contribution in [0.25, 0.3) is 21.8 Å². The summed E-state index contributed by atoms with van der Waals surface area (Å²) in [5.41, 5.74) is 11.2. The topological polar surface area (TPSA) is 89.1 Å². The van der Waals surface area contributed by atoms with Gasteiger partial charge in [-0.25, -0.2) is 9.78 Å². The van der Waals surface area contributed by atoms with Crippen LogP contribution in [0.1, 0.15) is 27.0 Å². The van der Waals surface area contributed by atoms with Gasteiger partial charge in [0.25, 0.3) is 0 Å². The van der Waals surface area contributed by atoms with E-state index in [1.54, 1.807) is 18.2 Å². The third-order valence-electron chi connectivity index (χ3n) is 4.75. The Kier molecular flexibility index (Phi) is 4.20. The van der Waals surface area contributed by atoms with E-state index >= 15 is 0 Å². The minimum Gasteiger partial charge on any atom is -0.478 e. The summed E-state index contributed by atoms with van der Waals surface area (Å²) in [4.78, 5) is 20.1. The summed E-state index contributed by atoms with van der Waals surface area (Å²) in [6.07, 6.45) is 3.33. The molecule has 0 bridgehead atoms. The van der Waals surface area contributed by atoms with Crippen molar-refractivity contribution in [3.63, 3.8) is 0 Å². The van der Waals surface area contributed by atoms with Crippen molar-refractivity contribution in [3.05, 3.63) is 77.0 Å². The van der Waals surface area contributed by atoms with Crippen LogP contribution in [-0.4, -0.2) is 21.0 Å². The van der Waals surface area contributed by atoms with Gasteiger partial charge in [0, 0.05) is 17.0 Å². The first kappa shape index (κ1) is 17.0. The van der Waals surface area contributed by atoms with Crippen molar-refractivity contribution in [1.82, 2.24) is 9.97 Å². The van der Waals surface area contributed by atoms with Crippen LogP contribution in [0.4, 0.5) is 5.82 Å². The molecular formula is C22H19N3O2. The molecule has 2 heterocycles. The molecule has 134 valence electrons. The smallest absolute Gasteiger partial charge is 0.335 e. The number of anilines is 1. The number of benzene rings is 2. The maximum absolute atomic E-state index is 11.1. The highest BCUT2D eigenvalue weighted by atomic mass is 16.4. The highest BCUT2D eigenvalue weighted by molar-refractivity contribution is 6.08. The first-order valence-electron chi connectivity index (χ1n) is 8.78. The van der Waals surface area contributed by atoms with E-state index in [2.05, 4.69) is 28.2 Å². The zero-order valence-electron chi connectivity index (χ0n) is 14.9. The number of fused-ring (bicyclic) bond motifs is 3. The van der Waals surface area contributed by atoms with Gasteiger partial charge < -0.3 is 10.8 Å². The highest BCUT2D eigenvalue weighted by Crippen LogP contribution is 2.28. The van der Waals surface area contributed by atoms with Gasteiger partial charge in [-0.3, -0.25) is 4.98 Å². The molecule has 27 heavy (non-hydrogen) atoms. The largest absolute Gasteiger partial charge is 0.478 e. The minimum atomic E-state index is -0.908. The number of hydrogen-bond donors (Lipinski definition) is 2. The molecule has 0 fully saturated rings. The standard InChI is InChI=1S/C22H19N3O2/c1-13-5-8-17-18-11-15(12-24-20(18)21(23)25-19(17)9-13)7-6-14-3-2-4-16(10-14)22(26)27/h2-5,8-12H,6-7H2,1H3,(H2,23,25)(H,26,27). The summed E-state index contributed by atoms with van der Waals surface area (Å²) < 4.78 is 0. The number of aromatic carboxylic acids is 1. The second kappa shape index (κ2) is 6.68. The van der Waals surface area contributed by atoms with E-state index in [0.717, 1.165) is 45.8 Å². The van der Waals surface area contributed by atoms with Crippen LogP contribution in [0.3, 0.4) is 0 Å². The van der Waals surface area contributed by atoms with Crippen LogP contribution in [0, 0.1) is 6.92 Å². The van der Waals surface area contributed by atoms with Crippen LogP contribution < -0.4 is 5.73 Å². The second-order valence-electron chi connectivity index (χ2n) is 6.76. The van der Waals surface area contributed by atoms with Crippen LogP contribution in [0.5, 0.6) is 0 Å². The van der Waals surface area contributed by atoms with E-state index in [9.17, 15) is 4.79 Å². The normalized spacial score (nSPS) is 11.1. The number of rotatable bonds is 4. The molecule has 0 saturated carbocycles. The zero-order valence-corrected chi connectivity index (χ0v) is 14.9. The van der Waals surface area contributed by atoms with Gasteiger partial charge in [-0.2, -0.15) is 0 Å². The van der Waals surface area contributed by atoms with E-state index in [1.165, 1.54) is 0 Å². The summed E-state index contributed by atoms with van der Waals surface area (Å²) in [7, 11) is 0. The summed E-state index contributed by atoms with van der Waals surface area (Å²) in [5.74, 6) is -0.474. The molecule has 3 N–H and O–H groups in total. The molecule has 0 saturated heterocycles. The number of carboxylic acid groups (broad SMARTS) is 1. The fraction of sp³-hybridized carbons (Fsp3) is 0.136. The van der Waals surface area contributed by atoms with E-state index in [4.69, 9.17) is 10.8 Å². The van der Waals surface area contributed by atoms with E-state index in [1.807, 2.05) is 25.3 Å². The van der Waals surface area contributed by atoms with Gasteiger partial charge in [-0.1, -0.05) is 24.3 Å². The van der Waals surface area contributed by atoms with Crippen molar-refractivity contribution in [2.75, 3.05) is 5.73 Å². The van der Waals surface area contributed by atoms with Crippen molar-refractivity contribution < 1.29 is 9.90 Å². The molecule has 2 aromatic carbocycles. The number of nitrogens with two attached hydrogens (primary N) is 1. The zero-order chi connectivity index (χ0) is 19.0. The Bertz CT molecular complexity index is 1180. The third kappa shape index (κ3) is 3.31. The van der Waals surface area contributed by atoms with Gasteiger partial charge in [0.1, 0.15) is 5.52 Å². The summed E-state index contributed by atoms with van der Waals surface area (Å²) in [6.45, 7) is 2.03. The minimum absolute atomic E-state index is 0.310. The van der Waals surface area contributed by atoms with Gasteiger partial charge >= 0.3 is 5.97 Å². The molecule has 0 spiro atoms. The molecule has 0 aliphatic heterocycles. The Morgan fingerprint density at radius 3 is 2.67 bits per heavy atom. The number of hydrogen-bond acceptors (Lipinski definition) is 4. The fourth-order valence-electron chi connectivity index (χ4n) is 3.35. The molecule has 0 aliphatic rings. The average Bonchev–Trinajstić information content (AvgIpc) is 2.66. The molecule has 0 radical (unpaired) electrons. The van der Waals surface area contributed by atoms with Crippen molar-refractivity contribution in [1.29, 1.82) is 0 Å². The molecule has 0 aliphatic carbocycles. The van der Waals surface area contributed by atoms with Crippen LogP contribution >= 0.6 is 0 Å². The summed E-state index contributed by atoms with van der Waals surface area (Å²) >= 11 is 0. The maximum Gasteiger partial charge on any atom is 0.335 e. The first-order valence-corrected chi connectivity index (χ1v) is 8.78. The first-order chi connectivity index (χ1) is 13.0. The Balaban J connectivity index is 1.70. The Labute approximate surface area is 156 Å². The second-order valence-corrected chi connectivity index (χ2v) is 6.76. The van der Waals surface area contributed by atoms with Gasteiger partial charge in [-0.05, 0) is 60.7 Å². The Morgan fingerprint density at radius 2 is 1.85 bits per heavy atom. The lowest BCUT2D eigenvalue weighted by Crippen LogP contribution is -2.00. The summed E-state index contributed by atoms with van der Waals surface area (Å²) in [6, 6.07) is 15.3. The Morgan fingerprint density at radius 1 is 1.04 bits per heavy atom. The molecule has 0 unspecified atom stereocenters. The number of nitrogens with zero attached hydrogens (tertiary/aromatic N) is 2. The lowest BCUT2D eigenvalue weighted by atomic mass is 10.0. The van der Waals surface area contributed by atoms with Crippen LogP contribution in [0.15, 0.2) is 54.7 Å². The predicted octanol–water partition coefficient (Wildman–Crippen LogP) is 4.16. The quantitative estimate of drug-likeness (QED) is 0.535. The SMILES string of the molecule is Cc1ccc2c(c1)nc(N)c1ncc(CCc3cccc(C(=O)O)c3)cc12. The molecule has 4 aromatic rings. The highest BCUT2D eigenvalue weighted by Gasteiger charge is 2.09. The number of aromatic nitrogens is 2. The summed E-state index contributed by atoms with van der Waals surface area (Å²) in [5, 5.41) is 11.2. The van der Waals surface area contributed by atoms with E-state index in [-0.39, 0.29) is 0 Å². The monoisotopic (exact) mass is 357 g/mol. The van der Waals surface area contributed by atoms with E-state index < -0.39 is 5.97 Å². The molecule has 5 nitrogen and oxygen atoms in total. The van der Waals surface area contributed by atoms with Gasteiger partial charge in [-0.15, -0.1) is 0 Å². The van der Waals surface area contributed by atoms with Crippen molar-refractivity contribution in [3.8, 4) is 0 Å². The molecule has 0 amide bonds. The van der Waals surface area contributed by atoms with Gasteiger partial charge in [0.15, 0.2) is 5.82 Å². The molecule has 2 aromatic heterocycles. The molecule has 0 atom stereocenters. The number of carboxylic acids is 1. The van der Waals surface area contributed by atoms with Crippen LogP contribution in [0.2, 0.25) is 0 Å². The molecule has 4 rings (SSSR count). The van der Waals surface area contributed by atoms with Gasteiger partial charge in [0.2, 0.25) is 0 Å². The lowest BCUT2D eigenvalue weighted by Gasteiger charge is -2.09. The van der Waals surface area contributed by atoms with E-state index in [0.29, 0.717) is 16.9 Å². The lowest BCUT2D eigenvalue weighted by molar-refractivity contribution is 0.0696. The third-order valence-corrected chi connectivity index (χ3v) is 4.75. The number of carbonyl (C=O) groups is 1. The maximum atomic E-state index is 11.1. The number of aryl methyl sites for hydroxylation is 3. The van der Waals surface area contributed by atoms with Crippen molar-refractivity contribution >= 4 is 33.6 Å². The number of nitrogen functional groups attached to an aromatic ring is 1. The number of pyridine rings is 2. The van der Waals surface area contributed by atoms with Crippen LogP contribution in [-0.2, 0) is 12.8 Å².